The van der Waals surface area contributed by atoms with Crippen LogP contribution >= 0.6 is 0 Å². The van der Waals surface area contributed by atoms with Crippen molar-refractivity contribution < 1.29 is 28.7 Å². The van der Waals surface area contributed by atoms with Gasteiger partial charge in [0.25, 0.3) is 11.7 Å². The number of Topliss-reactive ketones (excluding diaryl/α,β-unsaturated/α-hetero) is 1. The summed E-state index contributed by atoms with van der Waals surface area (Å²) in [5.74, 6) is -3.84. The van der Waals surface area contributed by atoms with Crippen molar-refractivity contribution in [1.29, 1.82) is 0 Å². The molecule has 3 aromatic heterocycles. The Morgan fingerprint density at radius 1 is 1.13 bits per heavy atom. The molecule has 0 atom stereocenters. The van der Waals surface area contributed by atoms with E-state index in [4.69, 9.17) is 5.11 Å². The Balaban J connectivity index is 1.65. The van der Waals surface area contributed by atoms with Crippen LogP contribution < -0.4 is 0 Å². The number of aromatic nitrogens is 4. The molecule has 3 aromatic rings. The van der Waals surface area contributed by atoms with E-state index in [1.807, 2.05) is 0 Å². The number of ketones is 1. The fourth-order valence-corrected chi connectivity index (χ4v) is 3.52. The lowest BCUT2D eigenvalue weighted by atomic mass is 10.1. The number of carboxylic acid groups (broad SMARTS) is 1. The lowest BCUT2D eigenvalue weighted by Crippen LogP contribution is -2.51. The molecule has 31 heavy (non-hydrogen) atoms. The first-order chi connectivity index (χ1) is 14.8. The zero-order valence-electron chi connectivity index (χ0n) is 16.3. The molecule has 0 aromatic carbocycles. The normalized spacial score (nSPS) is 14.1. The Kier molecular flexibility index (Phi) is 4.97. The maximum atomic E-state index is 14.6. The van der Waals surface area contributed by atoms with Crippen molar-refractivity contribution in [1.82, 2.24) is 30.0 Å². The number of aromatic amines is 2. The van der Waals surface area contributed by atoms with E-state index in [1.165, 1.54) is 24.1 Å². The molecular weight excluding hydrogens is 411 g/mol. The van der Waals surface area contributed by atoms with Crippen molar-refractivity contribution in [2.75, 3.05) is 26.2 Å². The molecule has 0 aliphatic carbocycles. The SMILES string of the molecule is CC(=O)N1CCN(C(=O)C(=O)c2c[nH]c3c(-c4cc(C(=O)O)[nH]n4)ncc(F)c23)CC1. The first-order valence-corrected chi connectivity index (χ1v) is 9.31. The van der Waals surface area contributed by atoms with E-state index >= 15 is 0 Å². The van der Waals surface area contributed by atoms with Gasteiger partial charge in [0.1, 0.15) is 17.1 Å². The molecule has 12 heteroatoms. The van der Waals surface area contributed by atoms with Gasteiger partial charge >= 0.3 is 5.97 Å². The van der Waals surface area contributed by atoms with Crippen molar-refractivity contribution in [2.45, 2.75) is 6.92 Å². The highest BCUT2D eigenvalue weighted by Crippen LogP contribution is 2.29. The molecule has 4 rings (SSSR count). The average Bonchev–Trinajstić information content (AvgIpc) is 3.41. The Labute approximate surface area is 173 Å². The quantitative estimate of drug-likeness (QED) is 0.408. The molecule has 0 bridgehead atoms. The van der Waals surface area contributed by atoms with Gasteiger partial charge in [0, 0.05) is 45.4 Å². The number of amides is 2. The molecule has 2 amide bonds. The zero-order valence-corrected chi connectivity index (χ0v) is 16.3. The molecule has 0 radical (unpaired) electrons. The average molecular weight is 428 g/mol. The van der Waals surface area contributed by atoms with E-state index in [-0.39, 0.29) is 52.5 Å². The van der Waals surface area contributed by atoms with Crippen LogP contribution in [-0.2, 0) is 9.59 Å². The second-order valence-corrected chi connectivity index (χ2v) is 7.01. The number of nitrogens with zero attached hydrogens (tertiary/aromatic N) is 4. The first kappa shape index (κ1) is 20.2. The van der Waals surface area contributed by atoms with Gasteiger partial charge in [-0.15, -0.1) is 0 Å². The number of H-pyrrole nitrogens is 2. The summed E-state index contributed by atoms with van der Waals surface area (Å²) in [7, 11) is 0. The van der Waals surface area contributed by atoms with E-state index in [1.54, 1.807) is 4.90 Å². The predicted molar refractivity (Wildman–Crippen MR) is 104 cm³/mol. The van der Waals surface area contributed by atoms with Crippen LogP contribution in [0, 0.1) is 5.82 Å². The van der Waals surface area contributed by atoms with Crippen molar-refractivity contribution in [3.63, 3.8) is 0 Å². The van der Waals surface area contributed by atoms with Gasteiger partial charge in [0.2, 0.25) is 5.91 Å². The largest absolute Gasteiger partial charge is 0.477 e. The summed E-state index contributed by atoms with van der Waals surface area (Å²) in [6.45, 7) is 2.47. The number of pyridine rings is 1. The maximum Gasteiger partial charge on any atom is 0.353 e. The van der Waals surface area contributed by atoms with Gasteiger partial charge in [-0.25, -0.2) is 14.2 Å². The summed E-state index contributed by atoms with van der Waals surface area (Å²) in [5, 5.41) is 15.1. The number of carbonyl (C=O) groups excluding carboxylic acids is 3. The van der Waals surface area contributed by atoms with Gasteiger partial charge in [-0.2, -0.15) is 5.10 Å². The second-order valence-electron chi connectivity index (χ2n) is 7.01. The van der Waals surface area contributed by atoms with E-state index in [9.17, 15) is 23.6 Å². The number of hydrogen-bond acceptors (Lipinski definition) is 6. The van der Waals surface area contributed by atoms with Crippen LogP contribution in [0.5, 0.6) is 0 Å². The molecule has 4 heterocycles. The number of carbonyl (C=O) groups is 4. The zero-order chi connectivity index (χ0) is 22.3. The third kappa shape index (κ3) is 3.52. The standard InChI is InChI=1S/C19H17FN6O5/c1-9(27)25-2-4-26(5-3-25)18(29)17(28)10-7-21-16-14(10)11(20)8-22-15(16)12-6-13(19(30)31)24-23-12/h6-8,21H,2-5H2,1H3,(H,23,24)(H,30,31). The molecule has 11 nitrogen and oxygen atoms in total. The summed E-state index contributed by atoms with van der Waals surface area (Å²) in [6.07, 6.45) is 2.10. The molecule has 0 saturated carbocycles. The molecule has 1 aliphatic rings. The minimum Gasteiger partial charge on any atom is -0.477 e. The number of nitrogens with one attached hydrogen (secondary N) is 2. The molecule has 1 saturated heterocycles. The lowest BCUT2D eigenvalue weighted by molar-refractivity contribution is -0.135. The molecule has 160 valence electrons. The van der Waals surface area contributed by atoms with Crippen molar-refractivity contribution in [2.24, 2.45) is 0 Å². The molecule has 0 unspecified atom stereocenters. The number of hydrogen-bond donors (Lipinski definition) is 3. The van der Waals surface area contributed by atoms with Crippen LogP contribution in [0.4, 0.5) is 4.39 Å². The van der Waals surface area contributed by atoms with Gasteiger partial charge in [0.05, 0.1) is 22.7 Å². The summed E-state index contributed by atoms with van der Waals surface area (Å²) in [5.41, 5.74) is 0.0267. The van der Waals surface area contributed by atoms with Crippen LogP contribution in [0.1, 0.15) is 27.8 Å². The van der Waals surface area contributed by atoms with E-state index in [2.05, 4.69) is 20.2 Å². The summed E-state index contributed by atoms with van der Waals surface area (Å²) >= 11 is 0. The Morgan fingerprint density at radius 2 is 1.81 bits per heavy atom. The van der Waals surface area contributed by atoms with Crippen LogP contribution in [-0.4, -0.2) is 84.8 Å². The minimum absolute atomic E-state index is 0.110. The topological polar surface area (TPSA) is 152 Å². The summed E-state index contributed by atoms with van der Waals surface area (Å²) in [4.78, 5) is 57.7. The Hall–Kier alpha value is -4.09. The molecule has 1 aliphatic heterocycles. The summed E-state index contributed by atoms with van der Waals surface area (Å²) < 4.78 is 14.6. The van der Waals surface area contributed by atoms with Gasteiger partial charge < -0.3 is 19.9 Å². The maximum absolute atomic E-state index is 14.6. The van der Waals surface area contributed by atoms with Crippen LogP contribution in [0.3, 0.4) is 0 Å². The molecule has 3 N–H and O–H groups in total. The summed E-state index contributed by atoms with van der Waals surface area (Å²) in [6, 6.07) is 1.23. The number of halogens is 1. The highest BCUT2D eigenvalue weighted by Gasteiger charge is 2.30. The monoisotopic (exact) mass is 428 g/mol. The van der Waals surface area contributed by atoms with Gasteiger partial charge in [0.15, 0.2) is 5.82 Å². The van der Waals surface area contributed by atoms with Gasteiger partial charge in [-0.3, -0.25) is 19.5 Å². The Morgan fingerprint density at radius 3 is 2.42 bits per heavy atom. The lowest BCUT2D eigenvalue weighted by Gasteiger charge is -2.33. The number of rotatable bonds is 4. The first-order valence-electron chi connectivity index (χ1n) is 9.31. The number of carboxylic acids is 1. The predicted octanol–water partition coefficient (Wildman–Crippen LogP) is 0.664. The van der Waals surface area contributed by atoms with Gasteiger partial charge in [-0.1, -0.05) is 0 Å². The minimum atomic E-state index is -1.23. The molecule has 0 spiro atoms. The van der Waals surface area contributed by atoms with Gasteiger partial charge in [-0.05, 0) is 0 Å². The fourth-order valence-electron chi connectivity index (χ4n) is 3.52. The van der Waals surface area contributed by atoms with Crippen LogP contribution in [0.2, 0.25) is 0 Å². The number of piperazine rings is 1. The highest BCUT2D eigenvalue weighted by atomic mass is 19.1. The van der Waals surface area contributed by atoms with Crippen molar-refractivity contribution >= 4 is 34.5 Å². The molecular formula is C19H17FN6O5. The molecule has 1 fully saturated rings. The number of fused-ring (bicyclic) bond motifs is 1. The third-order valence-electron chi connectivity index (χ3n) is 5.16. The van der Waals surface area contributed by atoms with E-state index < -0.39 is 23.5 Å². The third-order valence-corrected chi connectivity index (χ3v) is 5.16. The highest BCUT2D eigenvalue weighted by molar-refractivity contribution is 6.45. The van der Waals surface area contributed by atoms with E-state index in [0.717, 1.165) is 6.20 Å². The van der Waals surface area contributed by atoms with Crippen molar-refractivity contribution in [3.05, 3.63) is 35.5 Å². The van der Waals surface area contributed by atoms with E-state index in [0.29, 0.717) is 13.1 Å². The number of aromatic carboxylic acids is 1. The van der Waals surface area contributed by atoms with Crippen molar-refractivity contribution in [3.8, 4) is 11.4 Å². The second kappa shape index (κ2) is 7.63. The van der Waals surface area contributed by atoms with Crippen LogP contribution in [0.25, 0.3) is 22.3 Å². The van der Waals surface area contributed by atoms with Crippen LogP contribution in [0.15, 0.2) is 18.5 Å². The fraction of sp³-hybridized carbons (Fsp3) is 0.263. The smallest absolute Gasteiger partial charge is 0.353 e. The Bertz CT molecular complexity index is 1220.